The molecule has 2 fully saturated rings. The van der Waals surface area contributed by atoms with Crippen LogP contribution in [-0.2, 0) is 0 Å². The zero-order chi connectivity index (χ0) is 13.9. The minimum Gasteiger partial charge on any atom is -0.323 e. The molecule has 0 aromatic heterocycles. The summed E-state index contributed by atoms with van der Waals surface area (Å²) in [7, 11) is 0. The molecule has 2 atom stereocenters. The van der Waals surface area contributed by atoms with Crippen molar-refractivity contribution in [3.63, 3.8) is 0 Å². The Morgan fingerprint density at radius 1 is 1.20 bits per heavy atom. The van der Waals surface area contributed by atoms with E-state index in [4.69, 9.17) is 5.73 Å². The van der Waals surface area contributed by atoms with Crippen LogP contribution in [0.25, 0.3) is 0 Å². The van der Waals surface area contributed by atoms with Crippen LogP contribution in [0.3, 0.4) is 0 Å². The van der Waals surface area contributed by atoms with Crippen LogP contribution in [0, 0.1) is 6.92 Å². The number of aryl methyl sites for hydroxylation is 1. The van der Waals surface area contributed by atoms with E-state index in [9.17, 15) is 0 Å². The van der Waals surface area contributed by atoms with E-state index in [1.54, 1.807) is 0 Å². The maximum atomic E-state index is 6.42. The lowest BCUT2D eigenvalue weighted by Gasteiger charge is -2.25. The summed E-state index contributed by atoms with van der Waals surface area (Å²) in [6, 6.07) is 9.44. The van der Waals surface area contributed by atoms with Gasteiger partial charge in [0.1, 0.15) is 0 Å². The lowest BCUT2D eigenvalue weighted by molar-refractivity contribution is 0.228. The quantitative estimate of drug-likeness (QED) is 0.912. The summed E-state index contributed by atoms with van der Waals surface area (Å²) in [5.74, 6) is 0. The van der Waals surface area contributed by atoms with Crippen molar-refractivity contribution in [2.24, 2.45) is 5.73 Å². The number of benzene rings is 1. The molecule has 2 saturated heterocycles. The number of nitrogens with zero attached hydrogens (tertiary/aromatic N) is 2. The highest BCUT2D eigenvalue weighted by Gasteiger charge is 2.29. The lowest BCUT2D eigenvalue weighted by Crippen LogP contribution is -2.37. The summed E-state index contributed by atoms with van der Waals surface area (Å²) in [5.41, 5.74) is 9.04. The van der Waals surface area contributed by atoms with Crippen molar-refractivity contribution in [3.8, 4) is 0 Å². The topological polar surface area (TPSA) is 32.5 Å². The van der Waals surface area contributed by atoms with Crippen molar-refractivity contribution in [2.45, 2.75) is 38.3 Å². The normalized spacial score (nSPS) is 26.2. The number of rotatable bonds is 4. The fourth-order valence-corrected chi connectivity index (χ4v) is 3.76. The molecule has 3 rings (SSSR count). The molecule has 2 unspecified atom stereocenters. The van der Waals surface area contributed by atoms with Crippen molar-refractivity contribution in [1.29, 1.82) is 0 Å². The van der Waals surface area contributed by atoms with Gasteiger partial charge >= 0.3 is 0 Å². The fraction of sp³-hybridized carbons (Fsp3) is 0.647. The minimum atomic E-state index is 0.147. The maximum Gasteiger partial charge on any atom is 0.0426 e. The van der Waals surface area contributed by atoms with Crippen molar-refractivity contribution in [1.82, 2.24) is 9.80 Å². The minimum absolute atomic E-state index is 0.147. The van der Waals surface area contributed by atoms with Crippen LogP contribution in [0.15, 0.2) is 24.3 Å². The summed E-state index contributed by atoms with van der Waals surface area (Å²) < 4.78 is 0. The van der Waals surface area contributed by atoms with Gasteiger partial charge in [0.2, 0.25) is 0 Å². The molecule has 2 heterocycles. The maximum absolute atomic E-state index is 6.42. The van der Waals surface area contributed by atoms with Crippen LogP contribution in [0.4, 0.5) is 0 Å². The highest BCUT2D eigenvalue weighted by Crippen LogP contribution is 2.23. The molecule has 3 nitrogen and oxygen atoms in total. The Hall–Kier alpha value is -0.900. The zero-order valence-electron chi connectivity index (χ0n) is 12.6. The number of hydrogen-bond donors (Lipinski definition) is 1. The predicted molar refractivity (Wildman–Crippen MR) is 83.8 cm³/mol. The van der Waals surface area contributed by atoms with Gasteiger partial charge in [0.05, 0.1) is 0 Å². The van der Waals surface area contributed by atoms with E-state index in [0.29, 0.717) is 0 Å². The summed E-state index contributed by atoms with van der Waals surface area (Å²) in [4.78, 5) is 5.24. The Labute approximate surface area is 122 Å². The average molecular weight is 273 g/mol. The van der Waals surface area contributed by atoms with Gasteiger partial charge in [-0.25, -0.2) is 0 Å². The van der Waals surface area contributed by atoms with Gasteiger partial charge in [-0.2, -0.15) is 0 Å². The van der Waals surface area contributed by atoms with Crippen molar-refractivity contribution >= 4 is 0 Å². The predicted octanol–water partition coefficient (Wildman–Crippen LogP) is 2.16. The molecule has 2 N–H and O–H groups in total. The molecule has 110 valence electrons. The highest BCUT2D eigenvalue weighted by atomic mass is 15.3. The second-order valence-electron chi connectivity index (χ2n) is 6.41. The van der Waals surface area contributed by atoms with Gasteiger partial charge in [-0.1, -0.05) is 24.3 Å². The van der Waals surface area contributed by atoms with Crippen molar-refractivity contribution < 1.29 is 0 Å². The van der Waals surface area contributed by atoms with Crippen molar-refractivity contribution in [2.75, 3.05) is 32.7 Å². The average Bonchev–Trinajstić information content (AvgIpc) is 3.09. The fourth-order valence-electron chi connectivity index (χ4n) is 3.76. The first-order valence-corrected chi connectivity index (χ1v) is 8.01. The first-order valence-electron chi connectivity index (χ1n) is 8.01. The number of hydrogen-bond acceptors (Lipinski definition) is 3. The molecule has 2 aliphatic rings. The third kappa shape index (κ3) is 3.05. The van der Waals surface area contributed by atoms with E-state index < -0.39 is 0 Å². The Morgan fingerprint density at radius 3 is 2.70 bits per heavy atom. The van der Waals surface area contributed by atoms with Crippen LogP contribution >= 0.6 is 0 Å². The second-order valence-corrected chi connectivity index (χ2v) is 6.41. The third-order valence-corrected chi connectivity index (χ3v) is 4.95. The molecular formula is C17H27N3. The molecule has 0 radical (unpaired) electrons. The number of nitrogens with two attached hydrogens (primary N) is 1. The van der Waals surface area contributed by atoms with E-state index in [2.05, 4.69) is 41.0 Å². The van der Waals surface area contributed by atoms with Crippen LogP contribution in [0.2, 0.25) is 0 Å². The monoisotopic (exact) mass is 273 g/mol. The molecule has 20 heavy (non-hydrogen) atoms. The first kappa shape index (κ1) is 14.1. The van der Waals surface area contributed by atoms with E-state index in [0.717, 1.165) is 12.6 Å². The molecule has 0 amide bonds. The Balaban J connectivity index is 1.55. The van der Waals surface area contributed by atoms with Crippen molar-refractivity contribution in [3.05, 3.63) is 35.4 Å². The highest BCUT2D eigenvalue weighted by molar-refractivity contribution is 5.28. The van der Waals surface area contributed by atoms with Crippen LogP contribution in [0.1, 0.15) is 36.4 Å². The van der Waals surface area contributed by atoms with Gasteiger partial charge in [0.15, 0.2) is 0 Å². The molecule has 2 aliphatic heterocycles. The number of likely N-dealkylation sites (tertiary alicyclic amines) is 2. The molecular weight excluding hydrogens is 246 g/mol. The Morgan fingerprint density at radius 2 is 1.95 bits per heavy atom. The third-order valence-electron chi connectivity index (χ3n) is 4.95. The molecule has 3 heteroatoms. The molecule has 0 spiro atoms. The van der Waals surface area contributed by atoms with E-state index in [1.165, 1.54) is 56.6 Å². The van der Waals surface area contributed by atoms with E-state index in [1.807, 2.05) is 0 Å². The Bertz CT molecular complexity index is 440. The SMILES string of the molecule is Cc1ccccc1C(N)CN1CCC(N2CCCC2)C1. The summed E-state index contributed by atoms with van der Waals surface area (Å²) in [5, 5.41) is 0. The van der Waals surface area contributed by atoms with Gasteiger partial charge in [0, 0.05) is 25.2 Å². The summed E-state index contributed by atoms with van der Waals surface area (Å²) >= 11 is 0. The van der Waals surface area contributed by atoms with E-state index in [-0.39, 0.29) is 6.04 Å². The zero-order valence-corrected chi connectivity index (χ0v) is 12.6. The van der Waals surface area contributed by atoms with Crippen LogP contribution in [0.5, 0.6) is 0 Å². The van der Waals surface area contributed by atoms with Gasteiger partial charge in [-0.15, -0.1) is 0 Å². The van der Waals surface area contributed by atoms with Gasteiger partial charge in [0.25, 0.3) is 0 Å². The molecule has 1 aromatic rings. The first-order chi connectivity index (χ1) is 9.74. The molecule has 0 bridgehead atoms. The van der Waals surface area contributed by atoms with Gasteiger partial charge in [-0.05, 0) is 56.9 Å². The standard InChI is InChI=1S/C17H27N3/c1-14-6-2-3-7-16(14)17(18)13-19-11-8-15(12-19)20-9-4-5-10-20/h2-3,6-7,15,17H,4-5,8-13,18H2,1H3. The van der Waals surface area contributed by atoms with Gasteiger partial charge in [-0.3, -0.25) is 9.80 Å². The molecule has 0 aliphatic carbocycles. The summed E-state index contributed by atoms with van der Waals surface area (Å²) in [6.45, 7) is 8.19. The van der Waals surface area contributed by atoms with E-state index >= 15 is 0 Å². The lowest BCUT2D eigenvalue weighted by atomic mass is 10.0. The smallest absolute Gasteiger partial charge is 0.0426 e. The largest absolute Gasteiger partial charge is 0.323 e. The molecule has 1 aromatic carbocycles. The van der Waals surface area contributed by atoms with Gasteiger partial charge < -0.3 is 5.73 Å². The Kier molecular flexibility index (Phi) is 4.39. The second kappa shape index (κ2) is 6.25. The summed E-state index contributed by atoms with van der Waals surface area (Å²) in [6.07, 6.45) is 4.10. The van der Waals surface area contributed by atoms with Crippen LogP contribution < -0.4 is 5.73 Å². The molecule has 0 saturated carbocycles. The van der Waals surface area contributed by atoms with Crippen LogP contribution in [-0.4, -0.2) is 48.6 Å².